The Morgan fingerprint density at radius 2 is 1.96 bits per heavy atom. The topological polar surface area (TPSA) is 114 Å². The van der Waals surface area contributed by atoms with Crippen LogP contribution in [0.5, 0.6) is 0 Å². The van der Waals surface area contributed by atoms with Gasteiger partial charge in [-0.3, -0.25) is 4.79 Å². The summed E-state index contributed by atoms with van der Waals surface area (Å²) in [6.45, 7) is 1.81. The molecule has 9 heteroatoms. The number of rotatable bonds is 7. The van der Waals surface area contributed by atoms with E-state index in [-0.39, 0.29) is 36.0 Å². The molecule has 0 aliphatic carbocycles. The van der Waals surface area contributed by atoms with Gasteiger partial charge in [0.15, 0.2) is 5.82 Å². The number of sulfonamides is 1. The lowest BCUT2D eigenvalue weighted by atomic mass is 10.2. The van der Waals surface area contributed by atoms with Crippen molar-refractivity contribution < 1.29 is 22.8 Å². The van der Waals surface area contributed by atoms with Gasteiger partial charge in [0.1, 0.15) is 0 Å². The summed E-state index contributed by atoms with van der Waals surface area (Å²) in [6.07, 6.45) is -0.0180. The van der Waals surface area contributed by atoms with Gasteiger partial charge >= 0.3 is 5.97 Å². The highest BCUT2D eigenvalue weighted by Gasteiger charge is 2.22. The lowest BCUT2D eigenvalue weighted by Crippen LogP contribution is -2.27. The maximum absolute atomic E-state index is 12.4. The predicted octanol–water partition coefficient (Wildman–Crippen LogP) is 1.22. The van der Waals surface area contributed by atoms with Gasteiger partial charge in [-0.15, -0.1) is 0 Å². The van der Waals surface area contributed by atoms with E-state index in [9.17, 15) is 13.2 Å². The zero-order valence-electron chi connectivity index (χ0n) is 12.8. The Bertz CT molecular complexity index is 783. The largest absolute Gasteiger partial charge is 0.481 e. The van der Waals surface area contributed by atoms with Gasteiger partial charge in [0.2, 0.25) is 15.9 Å². The number of carbonyl (C=O) groups is 1. The van der Waals surface area contributed by atoms with Crippen LogP contribution >= 0.6 is 0 Å². The molecule has 8 nitrogen and oxygen atoms in total. The molecule has 0 bridgehead atoms. The van der Waals surface area contributed by atoms with E-state index in [0.29, 0.717) is 0 Å². The lowest BCUT2D eigenvalue weighted by molar-refractivity contribution is -0.137. The summed E-state index contributed by atoms with van der Waals surface area (Å²) in [5.74, 6) is -0.615. The Kier molecular flexibility index (Phi) is 5.12. The average Bonchev–Trinajstić information content (AvgIpc) is 2.93. The minimum atomic E-state index is -3.65. The van der Waals surface area contributed by atoms with Crippen molar-refractivity contribution in [3.05, 3.63) is 41.5 Å². The van der Waals surface area contributed by atoms with Gasteiger partial charge in [-0.1, -0.05) is 22.9 Å². The molecule has 0 unspecified atom stereocenters. The van der Waals surface area contributed by atoms with Gasteiger partial charge < -0.3 is 9.63 Å². The molecule has 1 aromatic heterocycles. The highest BCUT2D eigenvalue weighted by atomic mass is 32.2. The van der Waals surface area contributed by atoms with E-state index in [1.165, 1.54) is 19.2 Å². The van der Waals surface area contributed by atoms with E-state index in [2.05, 4.69) is 10.1 Å². The fourth-order valence-corrected chi connectivity index (χ4v) is 2.97. The maximum atomic E-state index is 12.4. The number of aliphatic carboxylic acids is 1. The normalized spacial score (nSPS) is 11.8. The van der Waals surface area contributed by atoms with Crippen LogP contribution in [0.3, 0.4) is 0 Å². The number of carboxylic acids is 1. The van der Waals surface area contributed by atoms with Crippen LogP contribution in [0.2, 0.25) is 0 Å². The summed E-state index contributed by atoms with van der Waals surface area (Å²) in [4.78, 5) is 14.7. The molecule has 23 heavy (non-hydrogen) atoms. The second kappa shape index (κ2) is 6.88. The maximum Gasteiger partial charge on any atom is 0.303 e. The van der Waals surface area contributed by atoms with Crippen molar-refractivity contribution in [1.29, 1.82) is 0 Å². The third-order valence-corrected chi connectivity index (χ3v) is 4.97. The fraction of sp³-hybridized carbons (Fsp3) is 0.357. The van der Waals surface area contributed by atoms with Crippen LogP contribution in [0.4, 0.5) is 0 Å². The minimum Gasteiger partial charge on any atom is -0.481 e. The summed E-state index contributed by atoms with van der Waals surface area (Å²) in [5.41, 5.74) is 0.966. The van der Waals surface area contributed by atoms with E-state index in [0.717, 1.165) is 9.87 Å². The van der Waals surface area contributed by atoms with E-state index >= 15 is 0 Å². The van der Waals surface area contributed by atoms with Crippen LogP contribution in [0.25, 0.3) is 0 Å². The van der Waals surface area contributed by atoms with Crippen molar-refractivity contribution in [3.63, 3.8) is 0 Å². The van der Waals surface area contributed by atoms with Crippen LogP contribution < -0.4 is 0 Å². The SMILES string of the molecule is Cc1ccc(S(=O)(=O)N(C)Cc2noc(CCC(=O)O)n2)cc1. The zero-order chi connectivity index (χ0) is 17.0. The molecule has 0 aliphatic heterocycles. The second-order valence-electron chi connectivity index (χ2n) is 5.07. The smallest absolute Gasteiger partial charge is 0.303 e. The van der Waals surface area contributed by atoms with Gasteiger partial charge in [-0.05, 0) is 19.1 Å². The van der Waals surface area contributed by atoms with Crippen molar-refractivity contribution in [3.8, 4) is 0 Å². The number of hydrogen-bond acceptors (Lipinski definition) is 6. The van der Waals surface area contributed by atoms with E-state index < -0.39 is 16.0 Å². The number of hydrogen-bond donors (Lipinski definition) is 1. The molecule has 0 saturated heterocycles. The Morgan fingerprint density at radius 1 is 1.30 bits per heavy atom. The van der Waals surface area contributed by atoms with Crippen molar-refractivity contribution >= 4 is 16.0 Å². The Balaban J connectivity index is 2.07. The quantitative estimate of drug-likeness (QED) is 0.806. The third kappa shape index (κ3) is 4.36. The molecule has 0 amide bonds. The molecule has 2 rings (SSSR count). The molecule has 0 fully saturated rings. The second-order valence-corrected chi connectivity index (χ2v) is 7.12. The molecular weight excluding hydrogens is 322 g/mol. The summed E-state index contributed by atoms with van der Waals surface area (Å²) in [6, 6.07) is 6.52. The lowest BCUT2D eigenvalue weighted by Gasteiger charge is -2.15. The van der Waals surface area contributed by atoms with Crippen molar-refractivity contribution in [2.45, 2.75) is 31.2 Å². The molecular formula is C14H17N3O5S. The van der Waals surface area contributed by atoms with Crippen molar-refractivity contribution in [2.75, 3.05) is 7.05 Å². The van der Waals surface area contributed by atoms with Crippen molar-refractivity contribution in [1.82, 2.24) is 14.4 Å². The summed E-state index contributed by atoms with van der Waals surface area (Å²) < 4.78 is 30.9. The molecule has 1 aromatic carbocycles. The molecule has 1 N–H and O–H groups in total. The Morgan fingerprint density at radius 3 is 2.57 bits per heavy atom. The highest BCUT2D eigenvalue weighted by Crippen LogP contribution is 2.16. The first kappa shape index (κ1) is 17.1. The summed E-state index contributed by atoms with van der Waals surface area (Å²) in [5, 5.41) is 12.3. The zero-order valence-corrected chi connectivity index (χ0v) is 13.6. The monoisotopic (exact) mass is 339 g/mol. The van der Waals surface area contributed by atoms with Crippen LogP contribution in [0, 0.1) is 6.92 Å². The van der Waals surface area contributed by atoms with E-state index in [1.807, 2.05) is 6.92 Å². The van der Waals surface area contributed by atoms with Gasteiger partial charge in [0.25, 0.3) is 0 Å². The molecule has 0 saturated carbocycles. The Hall–Kier alpha value is -2.26. The van der Waals surface area contributed by atoms with Crippen LogP contribution in [0.1, 0.15) is 23.7 Å². The number of benzene rings is 1. The molecule has 124 valence electrons. The van der Waals surface area contributed by atoms with Gasteiger partial charge in [0.05, 0.1) is 17.9 Å². The van der Waals surface area contributed by atoms with Crippen LogP contribution in [-0.2, 0) is 27.8 Å². The average molecular weight is 339 g/mol. The minimum absolute atomic E-state index is 0.0627. The molecule has 1 heterocycles. The summed E-state index contributed by atoms with van der Waals surface area (Å²) in [7, 11) is -2.23. The first-order valence-electron chi connectivity index (χ1n) is 6.85. The molecule has 0 atom stereocenters. The van der Waals surface area contributed by atoms with Crippen LogP contribution in [-0.4, -0.2) is 41.0 Å². The number of aryl methyl sites for hydroxylation is 2. The number of carboxylic acid groups (broad SMARTS) is 1. The molecule has 0 spiro atoms. The first-order valence-corrected chi connectivity index (χ1v) is 8.29. The predicted molar refractivity (Wildman–Crippen MR) is 80.1 cm³/mol. The highest BCUT2D eigenvalue weighted by molar-refractivity contribution is 7.89. The number of aromatic nitrogens is 2. The van der Waals surface area contributed by atoms with E-state index in [4.69, 9.17) is 9.63 Å². The standard InChI is InChI=1S/C14H17N3O5S/c1-10-3-5-11(6-4-10)23(20,21)17(2)9-12-15-13(22-16-12)7-8-14(18)19/h3-6H,7-9H2,1-2H3,(H,18,19). The van der Waals surface area contributed by atoms with Gasteiger partial charge in [0, 0.05) is 13.5 Å². The number of nitrogens with zero attached hydrogens (tertiary/aromatic N) is 3. The molecule has 0 radical (unpaired) electrons. The molecule has 2 aromatic rings. The van der Waals surface area contributed by atoms with Gasteiger partial charge in [-0.2, -0.15) is 9.29 Å². The molecule has 0 aliphatic rings. The van der Waals surface area contributed by atoms with Gasteiger partial charge in [-0.25, -0.2) is 8.42 Å². The Labute approximate surface area is 133 Å². The first-order chi connectivity index (χ1) is 10.8. The third-order valence-electron chi connectivity index (χ3n) is 3.16. The van der Waals surface area contributed by atoms with Crippen molar-refractivity contribution in [2.24, 2.45) is 0 Å². The van der Waals surface area contributed by atoms with Crippen LogP contribution in [0.15, 0.2) is 33.7 Å². The summed E-state index contributed by atoms with van der Waals surface area (Å²) >= 11 is 0. The van der Waals surface area contributed by atoms with E-state index in [1.54, 1.807) is 12.1 Å². The fourth-order valence-electron chi connectivity index (χ4n) is 1.84.